The van der Waals surface area contributed by atoms with Gasteiger partial charge in [-0.15, -0.1) is 0 Å². The molecule has 110 valence electrons. The molecule has 0 aromatic heterocycles. The molecule has 0 aliphatic carbocycles. The number of carbonyl (C=O) groups excluding carboxylic acids is 1. The number of nitrogen functional groups attached to an aromatic ring is 1. The fraction of sp³-hybridized carbons (Fsp3) is 0.562. The van der Waals surface area contributed by atoms with Gasteiger partial charge in [0.1, 0.15) is 0 Å². The molecule has 20 heavy (non-hydrogen) atoms. The first-order valence-electron chi connectivity index (χ1n) is 7.54. The summed E-state index contributed by atoms with van der Waals surface area (Å²) in [4.78, 5) is 14.3. The predicted octanol–water partition coefficient (Wildman–Crippen LogP) is 3.22. The van der Waals surface area contributed by atoms with Crippen molar-refractivity contribution < 1.29 is 9.53 Å². The third-order valence-corrected chi connectivity index (χ3v) is 3.75. The molecule has 2 N–H and O–H groups in total. The van der Waals surface area contributed by atoms with Crippen molar-refractivity contribution in [2.75, 3.05) is 30.3 Å². The highest BCUT2D eigenvalue weighted by atomic mass is 16.5. The van der Waals surface area contributed by atoms with E-state index in [1.54, 1.807) is 13.0 Å². The fourth-order valence-corrected chi connectivity index (χ4v) is 2.63. The molecule has 4 nitrogen and oxygen atoms in total. The smallest absolute Gasteiger partial charge is 0.340 e. The van der Waals surface area contributed by atoms with Crippen molar-refractivity contribution in [2.45, 2.75) is 39.0 Å². The first-order valence-corrected chi connectivity index (χ1v) is 7.54. The van der Waals surface area contributed by atoms with Gasteiger partial charge in [0.15, 0.2) is 0 Å². The Morgan fingerprint density at radius 2 is 1.85 bits per heavy atom. The summed E-state index contributed by atoms with van der Waals surface area (Å²) in [5.41, 5.74) is 7.92. The van der Waals surface area contributed by atoms with Crippen LogP contribution in [0.3, 0.4) is 0 Å². The maximum absolute atomic E-state index is 11.9. The number of hydrogen-bond acceptors (Lipinski definition) is 4. The second-order valence-corrected chi connectivity index (χ2v) is 5.25. The van der Waals surface area contributed by atoms with Crippen molar-refractivity contribution in [1.29, 1.82) is 0 Å². The van der Waals surface area contributed by atoms with Gasteiger partial charge in [0, 0.05) is 24.5 Å². The van der Waals surface area contributed by atoms with E-state index in [-0.39, 0.29) is 5.97 Å². The van der Waals surface area contributed by atoms with Crippen molar-refractivity contribution >= 4 is 17.3 Å². The SMILES string of the molecule is CCOC(=O)c1cc(N2CCCCCCC2)ccc1N. The van der Waals surface area contributed by atoms with Crippen LogP contribution in [0.2, 0.25) is 0 Å². The van der Waals surface area contributed by atoms with E-state index in [9.17, 15) is 4.79 Å². The largest absolute Gasteiger partial charge is 0.462 e. The molecule has 0 radical (unpaired) electrons. The fourth-order valence-electron chi connectivity index (χ4n) is 2.63. The second-order valence-electron chi connectivity index (χ2n) is 5.25. The summed E-state index contributed by atoms with van der Waals surface area (Å²) < 4.78 is 5.06. The first-order chi connectivity index (χ1) is 9.72. The minimum Gasteiger partial charge on any atom is -0.462 e. The van der Waals surface area contributed by atoms with E-state index in [1.807, 2.05) is 12.1 Å². The van der Waals surface area contributed by atoms with Crippen molar-refractivity contribution in [3.05, 3.63) is 23.8 Å². The third-order valence-electron chi connectivity index (χ3n) is 3.75. The zero-order valence-electron chi connectivity index (χ0n) is 12.2. The summed E-state index contributed by atoms with van der Waals surface area (Å²) in [5.74, 6) is -0.334. The number of benzene rings is 1. The first kappa shape index (κ1) is 14.7. The Morgan fingerprint density at radius 3 is 2.50 bits per heavy atom. The molecular weight excluding hydrogens is 252 g/mol. The molecule has 0 saturated carbocycles. The normalized spacial score (nSPS) is 16.4. The monoisotopic (exact) mass is 276 g/mol. The van der Waals surface area contributed by atoms with Gasteiger partial charge >= 0.3 is 5.97 Å². The molecule has 1 fully saturated rings. The third kappa shape index (κ3) is 3.65. The van der Waals surface area contributed by atoms with Gasteiger partial charge < -0.3 is 15.4 Å². The van der Waals surface area contributed by atoms with Gasteiger partial charge in [-0.2, -0.15) is 0 Å². The second kappa shape index (κ2) is 7.17. The van der Waals surface area contributed by atoms with Crippen molar-refractivity contribution in [3.63, 3.8) is 0 Å². The zero-order chi connectivity index (χ0) is 14.4. The number of anilines is 2. The van der Waals surface area contributed by atoms with E-state index in [0.29, 0.717) is 17.9 Å². The maximum atomic E-state index is 11.9. The number of carbonyl (C=O) groups is 1. The van der Waals surface area contributed by atoms with Crippen LogP contribution in [0.4, 0.5) is 11.4 Å². The lowest BCUT2D eigenvalue weighted by atomic mass is 10.1. The van der Waals surface area contributed by atoms with E-state index >= 15 is 0 Å². The van der Waals surface area contributed by atoms with Gasteiger partial charge in [0.2, 0.25) is 0 Å². The Kier molecular flexibility index (Phi) is 5.27. The number of nitrogens with two attached hydrogens (primary N) is 1. The molecule has 0 unspecified atom stereocenters. The summed E-state index contributed by atoms with van der Waals surface area (Å²) in [5, 5.41) is 0. The molecule has 0 spiro atoms. The maximum Gasteiger partial charge on any atom is 0.340 e. The van der Waals surface area contributed by atoms with Crippen LogP contribution < -0.4 is 10.6 Å². The standard InChI is InChI=1S/C16H24N2O2/c1-2-20-16(19)14-12-13(8-9-15(14)17)18-10-6-4-3-5-7-11-18/h8-9,12H,2-7,10-11,17H2,1H3. The molecule has 1 heterocycles. The van der Waals surface area contributed by atoms with E-state index in [0.717, 1.165) is 18.8 Å². The summed E-state index contributed by atoms with van der Waals surface area (Å²) in [6.07, 6.45) is 6.33. The highest BCUT2D eigenvalue weighted by molar-refractivity contribution is 5.96. The van der Waals surface area contributed by atoms with Crippen LogP contribution in [0.5, 0.6) is 0 Å². The summed E-state index contributed by atoms with van der Waals surface area (Å²) >= 11 is 0. The highest BCUT2D eigenvalue weighted by Crippen LogP contribution is 2.24. The van der Waals surface area contributed by atoms with Crippen LogP contribution in [0.1, 0.15) is 49.4 Å². The molecule has 2 rings (SSSR count). The topological polar surface area (TPSA) is 55.6 Å². The summed E-state index contributed by atoms with van der Waals surface area (Å²) in [7, 11) is 0. The van der Waals surface area contributed by atoms with Crippen LogP contribution >= 0.6 is 0 Å². The highest BCUT2D eigenvalue weighted by Gasteiger charge is 2.15. The molecule has 0 amide bonds. The Balaban J connectivity index is 2.18. The van der Waals surface area contributed by atoms with E-state index < -0.39 is 0 Å². The Bertz CT molecular complexity index is 452. The average molecular weight is 276 g/mol. The van der Waals surface area contributed by atoms with E-state index in [2.05, 4.69) is 4.90 Å². The van der Waals surface area contributed by atoms with Crippen molar-refractivity contribution in [1.82, 2.24) is 0 Å². The number of hydrogen-bond donors (Lipinski definition) is 1. The zero-order valence-corrected chi connectivity index (χ0v) is 12.2. The van der Waals surface area contributed by atoms with Gasteiger partial charge in [-0.1, -0.05) is 19.3 Å². The molecule has 0 atom stereocenters. The lowest BCUT2D eigenvalue weighted by Crippen LogP contribution is -2.27. The Hall–Kier alpha value is -1.71. The molecule has 1 aliphatic rings. The Morgan fingerprint density at radius 1 is 1.20 bits per heavy atom. The molecule has 1 aliphatic heterocycles. The summed E-state index contributed by atoms with van der Waals surface area (Å²) in [6.45, 7) is 4.26. The van der Waals surface area contributed by atoms with Crippen molar-refractivity contribution in [2.24, 2.45) is 0 Å². The molecular formula is C16H24N2O2. The van der Waals surface area contributed by atoms with E-state index in [4.69, 9.17) is 10.5 Å². The van der Waals surface area contributed by atoms with Gasteiger partial charge in [-0.05, 0) is 38.0 Å². The minimum atomic E-state index is -0.334. The lowest BCUT2D eigenvalue weighted by molar-refractivity contribution is 0.0527. The number of ether oxygens (including phenoxy) is 1. The number of esters is 1. The molecule has 0 bridgehead atoms. The quantitative estimate of drug-likeness (QED) is 0.680. The van der Waals surface area contributed by atoms with Gasteiger partial charge in [0.05, 0.1) is 12.2 Å². The van der Waals surface area contributed by atoms with Gasteiger partial charge in [0.25, 0.3) is 0 Å². The summed E-state index contributed by atoms with van der Waals surface area (Å²) in [6, 6.07) is 5.68. The average Bonchev–Trinajstić information content (AvgIpc) is 2.39. The van der Waals surface area contributed by atoms with Gasteiger partial charge in [-0.3, -0.25) is 0 Å². The molecule has 1 aromatic rings. The van der Waals surface area contributed by atoms with Crippen LogP contribution in [-0.2, 0) is 4.74 Å². The lowest BCUT2D eigenvalue weighted by Gasteiger charge is -2.27. The van der Waals surface area contributed by atoms with E-state index in [1.165, 1.54) is 32.1 Å². The number of nitrogens with zero attached hydrogens (tertiary/aromatic N) is 1. The minimum absolute atomic E-state index is 0.334. The van der Waals surface area contributed by atoms with Crippen LogP contribution in [0.25, 0.3) is 0 Å². The molecule has 1 aromatic carbocycles. The number of rotatable bonds is 3. The predicted molar refractivity (Wildman–Crippen MR) is 82.1 cm³/mol. The van der Waals surface area contributed by atoms with Crippen LogP contribution in [-0.4, -0.2) is 25.7 Å². The molecule has 4 heteroatoms. The van der Waals surface area contributed by atoms with Crippen LogP contribution in [0.15, 0.2) is 18.2 Å². The van der Waals surface area contributed by atoms with Crippen molar-refractivity contribution in [3.8, 4) is 0 Å². The van der Waals surface area contributed by atoms with Gasteiger partial charge in [-0.25, -0.2) is 4.79 Å². The Labute approximate surface area is 120 Å². The molecule has 1 saturated heterocycles. The van der Waals surface area contributed by atoms with Crippen LogP contribution in [0, 0.1) is 0 Å².